The van der Waals surface area contributed by atoms with E-state index in [1.165, 1.54) is 6.42 Å². The van der Waals surface area contributed by atoms with E-state index >= 15 is 0 Å². The molecule has 2 rings (SSSR count). The highest BCUT2D eigenvalue weighted by Crippen LogP contribution is 2.20. The quantitative estimate of drug-likeness (QED) is 0.858. The van der Waals surface area contributed by atoms with Gasteiger partial charge in [0.15, 0.2) is 0 Å². The minimum atomic E-state index is 0.0361. The monoisotopic (exact) mass is 290 g/mol. The molecule has 0 saturated carbocycles. The Morgan fingerprint density at radius 2 is 2.10 bits per heavy atom. The van der Waals surface area contributed by atoms with Crippen molar-refractivity contribution in [3.63, 3.8) is 0 Å². The van der Waals surface area contributed by atoms with Crippen LogP contribution in [0, 0.1) is 5.92 Å². The second-order valence-electron chi connectivity index (χ2n) is 6.53. The van der Waals surface area contributed by atoms with Crippen molar-refractivity contribution < 1.29 is 4.79 Å². The first-order valence-electron chi connectivity index (χ1n) is 7.74. The molecule has 1 aromatic rings. The molecule has 1 aliphatic heterocycles. The van der Waals surface area contributed by atoms with Crippen LogP contribution in [0.3, 0.4) is 0 Å². The van der Waals surface area contributed by atoms with Gasteiger partial charge in [-0.15, -0.1) is 0 Å². The number of carbonyl (C=O) groups is 1. The number of anilines is 1. The third-order valence-corrected chi connectivity index (χ3v) is 3.89. The normalized spacial score (nSPS) is 19.0. The second kappa shape index (κ2) is 6.41. The number of hydrogen-bond acceptors (Lipinski definition) is 4. The SMILES string of the molecule is CC(C)c1cc(C(=O)N2CCC[C@H](C)C2)nc(N(C)C)n1. The van der Waals surface area contributed by atoms with Crippen LogP contribution in [0.25, 0.3) is 0 Å². The summed E-state index contributed by atoms with van der Waals surface area (Å²) in [5, 5.41) is 0. The molecule has 116 valence electrons. The summed E-state index contributed by atoms with van der Waals surface area (Å²) in [6.07, 6.45) is 2.28. The number of likely N-dealkylation sites (tertiary alicyclic amines) is 1. The van der Waals surface area contributed by atoms with Gasteiger partial charge in [0.25, 0.3) is 5.91 Å². The maximum atomic E-state index is 12.7. The standard InChI is InChI=1S/C16H26N4O/c1-11(2)13-9-14(18-16(17-13)19(4)5)15(21)20-8-6-7-12(3)10-20/h9,11-12H,6-8,10H2,1-5H3/t12-/m0/s1. The number of aromatic nitrogens is 2. The molecule has 0 spiro atoms. The van der Waals surface area contributed by atoms with Crippen LogP contribution in [-0.2, 0) is 0 Å². The molecule has 1 aliphatic rings. The van der Waals surface area contributed by atoms with E-state index in [9.17, 15) is 4.79 Å². The summed E-state index contributed by atoms with van der Waals surface area (Å²) in [5.41, 5.74) is 1.44. The van der Waals surface area contributed by atoms with Crippen LogP contribution >= 0.6 is 0 Å². The van der Waals surface area contributed by atoms with Gasteiger partial charge in [-0.3, -0.25) is 4.79 Å². The Kier molecular flexibility index (Phi) is 4.80. The number of hydrogen-bond donors (Lipinski definition) is 0. The summed E-state index contributed by atoms with van der Waals surface area (Å²) in [7, 11) is 3.80. The minimum Gasteiger partial charge on any atom is -0.347 e. The van der Waals surface area contributed by atoms with Gasteiger partial charge in [0.2, 0.25) is 5.95 Å². The van der Waals surface area contributed by atoms with Crippen LogP contribution in [0.5, 0.6) is 0 Å². The molecule has 2 heterocycles. The Morgan fingerprint density at radius 1 is 1.38 bits per heavy atom. The minimum absolute atomic E-state index is 0.0361. The van der Waals surface area contributed by atoms with Crippen molar-refractivity contribution >= 4 is 11.9 Å². The second-order valence-corrected chi connectivity index (χ2v) is 6.53. The highest BCUT2D eigenvalue weighted by Gasteiger charge is 2.24. The molecule has 5 heteroatoms. The average molecular weight is 290 g/mol. The number of rotatable bonds is 3. The van der Waals surface area contributed by atoms with E-state index in [1.54, 1.807) is 0 Å². The summed E-state index contributed by atoms with van der Waals surface area (Å²) in [4.78, 5) is 25.4. The van der Waals surface area contributed by atoms with Crippen molar-refractivity contribution in [1.29, 1.82) is 0 Å². The van der Waals surface area contributed by atoms with Crippen molar-refractivity contribution in [3.8, 4) is 0 Å². The zero-order valence-corrected chi connectivity index (χ0v) is 13.8. The highest BCUT2D eigenvalue weighted by molar-refractivity contribution is 5.92. The zero-order chi connectivity index (χ0) is 15.6. The first kappa shape index (κ1) is 15.7. The molecule has 21 heavy (non-hydrogen) atoms. The van der Waals surface area contributed by atoms with Crippen molar-refractivity contribution in [2.45, 2.75) is 39.5 Å². The van der Waals surface area contributed by atoms with Crippen LogP contribution in [0.4, 0.5) is 5.95 Å². The number of amides is 1. The van der Waals surface area contributed by atoms with Crippen molar-refractivity contribution in [2.75, 3.05) is 32.1 Å². The molecule has 0 unspecified atom stereocenters. The van der Waals surface area contributed by atoms with Crippen molar-refractivity contribution in [3.05, 3.63) is 17.5 Å². The van der Waals surface area contributed by atoms with Crippen LogP contribution in [0.1, 0.15) is 55.7 Å². The Bertz CT molecular complexity index is 487. The number of carbonyl (C=O) groups excluding carboxylic acids is 1. The van der Waals surface area contributed by atoms with Crippen LogP contribution < -0.4 is 4.90 Å². The molecule has 1 fully saturated rings. The van der Waals surface area contributed by atoms with Gasteiger partial charge in [0.05, 0.1) is 0 Å². The fourth-order valence-electron chi connectivity index (χ4n) is 2.59. The number of nitrogens with zero attached hydrogens (tertiary/aromatic N) is 4. The van der Waals surface area contributed by atoms with Gasteiger partial charge in [-0.25, -0.2) is 9.97 Å². The topological polar surface area (TPSA) is 49.3 Å². The molecule has 0 bridgehead atoms. The van der Waals surface area contributed by atoms with Crippen LogP contribution in [0.2, 0.25) is 0 Å². The van der Waals surface area contributed by atoms with Crippen molar-refractivity contribution in [1.82, 2.24) is 14.9 Å². The third kappa shape index (κ3) is 3.71. The van der Waals surface area contributed by atoms with E-state index in [2.05, 4.69) is 30.7 Å². The van der Waals surface area contributed by atoms with Gasteiger partial charge in [-0.2, -0.15) is 0 Å². The fourth-order valence-corrected chi connectivity index (χ4v) is 2.59. The molecule has 1 aromatic heterocycles. The first-order chi connectivity index (χ1) is 9.88. The largest absolute Gasteiger partial charge is 0.347 e. The Labute approximate surface area is 127 Å². The first-order valence-corrected chi connectivity index (χ1v) is 7.74. The van der Waals surface area contributed by atoms with Gasteiger partial charge >= 0.3 is 0 Å². The fraction of sp³-hybridized carbons (Fsp3) is 0.688. The lowest BCUT2D eigenvalue weighted by Gasteiger charge is -2.31. The third-order valence-electron chi connectivity index (χ3n) is 3.89. The van der Waals surface area contributed by atoms with Gasteiger partial charge in [0.1, 0.15) is 5.69 Å². The van der Waals surface area contributed by atoms with Gasteiger partial charge < -0.3 is 9.80 Å². The smallest absolute Gasteiger partial charge is 0.272 e. The predicted molar refractivity (Wildman–Crippen MR) is 84.7 cm³/mol. The molecule has 1 saturated heterocycles. The van der Waals surface area contributed by atoms with Crippen molar-refractivity contribution in [2.24, 2.45) is 5.92 Å². The van der Waals surface area contributed by atoms with E-state index in [1.807, 2.05) is 30.0 Å². The van der Waals surface area contributed by atoms with Crippen LogP contribution in [0.15, 0.2) is 6.07 Å². The summed E-state index contributed by atoms with van der Waals surface area (Å²) < 4.78 is 0. The lowest BCUT2D eigenvalue weighted by molar-refractivity contribution is 0.0677. The zero-order valence-electron chi connectivity index (χ0n) is 13.8. The molecule has 0 aromatic carbocycles. The molecule has 0 radical (unpaired) electrons. The predicted octanol–water partition coefficient (Wildman–Crippen LogP) is 2.54. The van der Waals surface area contributed by atoms with Gasteiger partial charge in [-0.1, -0.05) is 20.8 Å². The van der Waals surface area contributed by atoms with Gasteiger partial charge in [-0.05, 0) is 30.7 Å². The number of piperidine rings is 1. The van der Waals surface area contributed by atoms with Crippen LogP contribution in [-0.4, -0.2) is 48.0 Å². The maximum absolute atomic E-state index is 12.7. The molecular weight excluding hydrogens is 264 g/mol. The van der Waals surface area contributed by atoms with E-state index < -0.39 is 0 Å². The molecule has 0 N–H and O–H groups in total. The maximum Gasteiger partial charge on any atom is 0.272 e. The molecule has 1 amide bonds. The molecule has 1 atom stereocenters. The Balaban J connectivity index is 2.31. The molecule has 0 aliphatic carbocycles. The summed E-state index contributed by atoms with van der Waals surface area (Å²) in [6, 6.07) is 1.85. The molecular formula is C16H26N4O. The average Bonchev–Trinajstić information content (AvgIpc) is 2.45. The lowest BCUT2D eigenvalue weighted by atomic mass is 10.00. The summed E-state index contributed by atoms with van der Waals surface area (Å²) >= 11 is 0. The van der Waals surface area contributed by atoms with E-state index in [0.717, 1.165) is 25.2 Å². The Morgan fingerprint density at radius 3 is 2.67 bits per heavy atom. The Hall–Kier alpha value is -1.65. The van der Waals surface area contributed by atoms with E-state index in [4.69, 9.17) is 0 Å². The molecule has 5 nitrogen and oxygen atoms in total. The highest BCUT2D eigenvalue weighted by atomic mass is 16.2. The van der Waals surface area contributed by atoms with Gasteiger partial charge in [0, 0.05) is 32.9 Å². The lowest BCUT2D eigenvalue weighted by Crippen LogP contribution is -2.39. The van der Waals surface area contributed by atoms with E-state index in [0.29, 0.717) is 17.6 Å². The summed E-state index contributed by atoms with van der Waals surface area (Å²) in [5.74, 6) is 1.49. The van der Waals surface area contributed by atoms with E-state index in [-0.39, 0.29) is 11.8 Å². The summed E-state index contributed by atoms with van der Waals surface area (Å²) in [6.45, 7) is 8.03.